The standard InChI is InChI=1S/C15H14F3NO2/c16-15(17,18)10-3-1-2-9(6-10)7-14-19-12-8-11(20)4-5-13(12)21-14/h1-3,6,11,20H,4-5,7-8H2. The minimum absolute atomic E-state index is 0.215. The molecule has 1 aromatic carbocycles. The molecule has 112 valence electrons. The van der Waals surface area contributed by atoms with Gasteiger partial charge in [-0.1, -0.05) is 18.2 Å². The molecule has 1 N–H and O–H groups in total. The minimum Gasteiger partial charge on any atom is -0.445 e. The van der Waals surface area contributed by atoms with Crippen LogP contribution in [0.3, 0.4) is 0 Å². The Kier molecular flexibility index (Phi) is 3.49. The van der Waals surface area contributed by atoms with Crippen molar-refractivity contribution in [2.45, 2.75) is 38.0 Å². The summed E-state index contributed by atoms with van der Waals surface area (Å²) in [6, 6.07) is 5.15. The normalized spacial score (nSPS) is 18.6. The largest absolute Gasteiger partial charge is 0.445 e. The van der Waals surface area contributed by atoms with Gasteiger partial charge < -0.3 is 9.52 Å². The number of hydrogen-bond donors (Lipinski definition) is 1. The zero-order valence-electron chi connectivity index (χ0n) is 11.2. The van der Waals surface area contributed by atoms with E-state index in [4.69, 9.17) is 4.42 Å². The molecule has 21 heavy (non-hydrogen) atoms. The van der Waals surface area contributed by atoms with E-state index in [0.717, 1.165) is 23.6 Å². The van der Waals surface area contributed by atoms with Crippen molar-refractivity contribution in [3.05, 3.63) is 52.7 Å². The monoisotopic (exact) mass is 297 g/mol. The van der Waals surface area contributed by atoms with Gasteiger partial charge in [0.15, 0.2) is 5.89 Å². The quantitative estimate of drug-likeness (QED) is 0.926. The number of benzene rings is 1. The third-order valence-electron chi connectivity index (χ3n) is 3.57. The van der Waals surface area contributed by atoms with Crippen molar-refractivity contribution in [1.82, 2.24) is 4.98 Å². The number of fused-ring (bicyclic) bond motifs is 1. The van der Waals surface area contributed by atoms with Crippen LogP contribution < -0.4 is 0 Å². The molecule has 1 aliphatic rings. The molecule has 0 amide bonds. The summed E-state index contributed by atoms with van der Waals surface area (Å²) in [6.07, 6.45) is -2.86. The molecule has 1 aromatic heterocycles. The van der Waals surface area contributed by atoms with Gasteiger partial charge in [0.2, 0.25) is 0 Å². The summed E-state index contributed by atoms with van der Waals surface area (Å²) in [5, 5.41) is 9.57. The van der Waals surface area contributed by atoms with Crippen LogP contribution >= 0.6 is 0 Å². The van der Waals surface area contributed by atoms with E-state index >= 15 is 0 Å². The lowest BCUT2D eigenvalue weighted by atomic mass is 9.99. The predicted octanol–water partition coefficient (Wildman–Crippen LogP) is 3.13. The molecule has 0 saturated heterocycles. The van der Waals surface area contributed by atoms with Crippen molar-refractivity contribution in [3.8, 4) is 0 Å². The highest BCUT2D eigenvalue weighted by molar-refractivity contribution is 5.28. The maximum absolute atomic E-state index is 12.7. The molecule has 0 radical (unpaired) electrons. The topological polar surface area (TPSA) is 46.3 Å². The Morgan fingerprint density at radius 3 is 2.90 bits per heavy atom. The third kappa shape index (κ3) is 3.10. The van der Waals surface area contributed by atoms with Crippen molar-refractivity contribution in [2.24, 2.45) is 0 Å². The highest BCUT2D eigenvalue weighted by atomic mass is 19.4. The highest BCUT2D eigenvalue weighted by Gasteiger charge is 2.30. The van der Waals surface area contributed by atoms with E-state index < -0.39 is 17.8 Å². The van der Waals surface area contributed by atoms with Gasteiger partial charge in [-0.05, 0) is 18.1 Å². The molecule has 0 bridgehead atoms. The van der Waals surface area contributed by atoms with Crippen molar-refractivity contribution in [2.75, 3.05) is 0 Å². The molecule has 0 spiro atoms. The molecule has 6 heteroatoms. The summed E-state index contributed by atoms with van der Waals surface area (Å²) in [5.41, 5.74) is 0.548. The first-order chi connectivity index (χ1) is 9.91. The lowest BCUT2D eigenvalue weighted by Crippen LogP contribution is -2.17. The number of oxazole rings is 1. The van der Waals surface area contributed by atoms with E-state index in [2.05, 4.69) is 4.98 Å². The number of hydrogen-bond acceptors (Lipinski definition) is 3. The highest BCUT2D eigenvalue weighted by Crippen LogP contribution is 2.30. The van der Waals surface area contributed by atoms with Gasteiger partial charge in [0, 0.05) is 19.3 Å². The summed E-state index contributed by atoms with van der Waals surface area (Å²) in [7, 11) is 0. The first kappa shape index (κ1) is 14.1. The number of aliphatic hydroxyl groups excluding tert-OH is 1. The summed E-state index contributed by atoms with van der Waals surface area (Å²) in [5.74, 6) is 1.13. The number of aliphatic hydroxyl groups is 1. The van der Waals surface area contributed by atoms with Gasteiger partial charge >= 0.3 is 6.18 Å². The average molecular weight is 297 g/mol. The maximum atomic E-state index is 12.7. The zero-order valence-corrected chi connectivity index (χ0v) is 11.2. The summed E-state index contributed by atoms with van der Waals surface area (Å²) < 4.78 is 43.6. The average Bonchev–Trinajstić information content (AvgIpc) is 2.79. The zero-order chi connectivity index (χ0) is 15.0. The lowest BCUT2D eigenvalue weighted by Gasteiger charge is -2.13. The van der Waals surface area contributed by atoms with Gasteiger partial charge in [-0.25, -0.2) is 4.98 Å². The third-order valence-corrected chi connectivity index (χ3v) is 3.57. The molecule has 1 atom stereocenters. The smallest absolute Gasteiger partial charge is 0.416 e. The molecule has 0 saturated carbocycles. The SMILES string of the molecule is OC1CCc2oc(Cc3cccc(C(F)(F)F)c3)nc2C1. The van der Waals surface area contributed by atoms with Crippen LogP contribution in [0.5, 0.6) is 0 Å². The van der Waals surface area contributed by atoms with E-state index in [1.807, 2.05) is 0 Å². The Morgan fingerprint density at radius 1 is 1.33 bits per heavy atom. The van der Waals surface area contributed by atoms with Crippen LogP contribution in [-0.2, 0) is 25.4 Å². The number of aromatic nitrogens is 1. The summed E-state index contributed by atoms with van der Waals surface area (Å²) in [4.78, 5) is 4.28. The Bertz CT molecular complexity index is 649. The van der Waals surface area contributed by atoms with E-state index in [0.29, 0.717) is 30.7 Å². The van der Waals surface area contributed by atoms with Crippen LogP contribution in [0.25, 0.3) is 0 Å². The molecule has 0 aliphatic heterocycles. The predicted molar refractivity (Wildman–Crippen MR) is 68.8 cm³/mol. The second-order valence-electron chi connectivity index (χ2n) is 5.25. The van der Waals surface area contributed by atoms with Gasteiger partial charge in [-0.2, -0.15) is 13.2 Å². The second-order valence-corrected chi connectivity index (χ2v) is 5.25. The molecule has 3 rings (SSSR count). The fraction of sp³-hybridized carbons (Fsp3) is 0.400. The first-order valence-electron chi connectivity index (χ1n) is 6.73. The number of rotatable bonds is 2. The van der Waals surface area contributed by atoms with E-state index in [1.165, 1.54) is 6.07 Å². The molecular formula is C15H14F3NO2. The van der Waals surface area contributed by atoms with Crippen LogP contribution in [-0.4, -0.2) is 16.2 Å². The van der Waals surface area contributed by atoms with Gasteiger partial charge in [-0.3, -0.25) is 0 Å². The van der Waals surface area contributed by atoms with E-state index in [9.17, 15) is 18.3 Å². The Hall–Kier alpha value is -1.82. The number of halogens is 3. The molecule has 1 unspecified atom stereocenters. The van der Waals surface area contributed by atoms with Crippen LogP contribution in [0.15, 0.2) is 28.7 Å². The Morgan fingerprint density at radius 2 is 2.14 bits per heavy atom. The van der Waals surface area contributed by atoms with Crippen molar-refractivity contribution >= 4 is 0 Å². The van der Waals surface area contributed by atoms with Crippen molar-refractivity contribution < 1.29 is 22.7 Å². The molecular weight excluding hydrogens is 283 g/mol. The maximum Gasteiger partial charge on any atom is 0.416 e. The molecule has 0 fully saturated rings. The molecule has 1 heterocycles. The van der Waals surface area contributed by atoms with Gasteiger partial charge in [0.25, 0.3) is 0 Å². The Labute approximate surface area is 119 Å². The summed E-state index contributed by atoms with van der Waals surface area (Å²) in [6.45, 7) is 0. The van der Waals surface area contributed by atoms with Crippen molar-refractivity contribution in [3.63, 3.8) is 0 Å². The molecule has 2 aromatic rings. The van der Waals surface area contributed by atoms with Gasteiger partial charge in [-0.15, -0.1) is 0 Å². The molecule has 1 aliphatic carbocycles. The van der Waals surface area contributed by atoms with Crippen LogP contribution in [0.4, 0.5) is 13.2 Å². The number of nitrogens with zero attached hydrogens (tertiary/aromatic N) is 1. The lowest BCUT2D eigenvalue weighted by molar-refractivity contribution is -0.137. The Balaban J connectivity index is 1.81. The van der Waals surface area contributed by atoms with Crippen molar-refractivity contribution in [1.29, 1.82) is 0 Å². The fourth-order valence-corrected chi connectivity index (χ4v) is 2.52. The minimum atomic E-state index is -4.35. The van der Waals surface area contributed by atoms with E-state index in [-0.39, 0.29) is 6.42 Å². The first-order valence-corrected chi connectivity index (χ1v) is 6.73. The summed E-state index contributed by atoms with van der Waals surface area (Å²) >= 11 is 0. The van der Waals surface area contributed by atoms with Gasteiger partial charge in [0.05, 0.1) is 17.4 Å². The van der Waals surface area contributed by atoms with Gasteiger partial charge in [0.1, 0.15) is 5.76 Å². The van der Waals surface area contributed by atoms with Crippen LogP contribution in [0.2, 0.25) is 0 Å². The van der Waals surface area contributed by atoms with Crippen LogP contribution in [0, 0.1) is 0 Å². The molecule has 3 nitrogen and oxygen atoms in total. The van der Waals surface area contributed by atoms with E-state index in [1.54, 1.807) is 6.07 Å². The second kappa shape index (κ2) is 5.18. The number of alkyl halides is 3. The number of aryl methyl sites for hydroxylation is 1. The van der Waals surface area contributed by atoms with Crippen LogP contribution in [0.1, 0.15) is 34.9 Å². The fourth-order valence-electron chi connectivity index (χ4n) is 2.52.